The molecule has 0 N–H and O–H groups in total. The summed E-state index contributed by atoms with van der Waals surface area (Å²) in [5.41, 5.74) is 0. The Morgan fingerprint density at radius 1 is 1.38 bits per heavy atom. The van der Waals surface area contributed by atoms with E-state index in [9.17, 15) is 0 Å². The number of hydrogen-bond donors (Lipinski definition) is 0. The van der Waals surface area contributed by atoms with E-state index in [4.69, 9.17) is 4.74 Å². The zero-order chi connectivity index (χ0) is 9.26. The molecule has 13 heavy (non-hydrogen) atoms. The van der Waals surface area contributed by atoms with Gasteiger partial charge in [-0.1, -0.05) is 15.9 Å². The molecule has 0 saturated heterocycles. The third-order valence-electron chi connectivity index (χ3n) is 2.02. The maximum Gasteiger partial charge on any atom is 0.121 e. The highest BCUT2D eigenvalue weighted by Crippen LogP contribution is 2.30. The van der Waals surface area contributed by atoms with Crippen LogP contribution in [0.25, 0.3) is 0 Å². The lowest BCUT2D eigenvalue weighted by molar-refractivity contribution is 0.299. The van der Waals surface area contributed by atoms with E-state index < -0.39 is 0 Å². The van der Waals surface area contributed by atoms with Gasteiger partial charge in [0.1, 0.15) is 5.75 Å². The summed E-state index contributed by atoms with van der Waals surface area (Å²) >= 11 is 5.74. The Morgan fingerprint density at radius 2 is 2.15 bits per heavy atom. The van der Waals surface area contributed by atoms with Crippen LogP contribution in [0.3, 0.4) is 0 Å². The van der Waals surface area contributed by atoms with E-state index in [0.717, 1.165) is 22.7 Å². The van der Waals surface area contributed by atoms with Crippen LogP contribution in [-0.4, -0.2) is 6.61 Å². The fraction of sp³-hybridized carbons (Fsp3) is 0.400. The summed E-state index contributed by atoms with van der Waals surface area (Å²) in [5, 5.41) is 0. The van der Waals surface area contributed by atoms with Gasteiger partial charge in [0.2, 0.25) is 0 Å². The molecular formula is C10H10BrIO. The average molecular weight is 353 g/mol. The minimum Gasteiger partial charge on any atom is -0.493 e. The third kappa shape index (κ3) is 3.13. The van der Waals surface area contributed by atoms with E-state index in [1.807, 2.05) is 6.07 Å². The van der Waals surface area contributed by atoms with Gasteiger partial charge in [-0.3, -0.25) is 0 Å². The maximum absolute atomic E-state index is 5.66. The van der Waals surface area contributed by atoms with E-state index in [-0.39, 0.29) is 0 Å². The van der Waals surface area contributed by atoms with E-state index in [2.05, 4.69) is 50.7 Å². The molecule has 1 aliphatic carbocycles. The van der Waals surface area contributed by atoms with Crippen molar-refractivity contribution in [1.29, 1.82) is 0 Å². The van der Waals surface area contributed by atoms with Crippen LogP contribution in [0, 0.1) is 9.49 Å². The Labute approximate surface area is 100 Å². The van der Waals surface area contributed by atoms with Crippen LogP contribution in [0.5, 0.6) is 5.75 Å². The first-order valence-corrected chi connectivity index (χ1v) is 6.20. The molecule has 1 aromatic carbocycles. The predicted molar refractivity (Wildman–Crippen MR) is 65.1 cm³/mol. The van der Waals surface area contributed by atoms with Crippen molar-refractivity contribution >= 4 is 38.5 Å². The summed E-state index contributed by atoms with van der Waals surface area (Å²) < 4.78 is 7.95. The minimum absolute atomic E-state index is 0.816. The molecule has 0 radical (unpaired) electrons. The van der Waals surface area contributed by atoms with Crippen LogP contribution in [0.1, 0.15) is 12.8 Å². The molecule has 0 spiro atoms. The molecule has 0 aliphatic heterocycles. The van der Waals surface area contributed by atoms with Gasteiger partial charge in [-0.15, -0.1) is 0 Å². The highest BCUT2D eigenvalue weighted by Gasteiger charge is 2.21. The SMILES string of the molecule is Brc1cc(I)cc(OCC2CC2)c1. The second kappa shape index (κ2) is 4.17. The standard InChI is InChI=1S/C10H10BrIO/c11-8-3-9(12)5-10(4-8)13-6-7-1-2-7/h3-5,7H,1-2,6H2. The van der Waals surface area contributed by atoms with Gasteiger partial charge in [0.15, 0.2) is 0 Å². The van der Waals surface area contributed by atoms with Gasteiger partial charge < -0.3 is 4.74 Å². The van der Waals surface area contributed by atoms with E-state index in [1.54, 1.807) is 0 Å². The Balaban J connectivity index is 2.01. The van der Waals surface area contributed by atoms with Crippen molar-refractivity contribution in [2.75, 3.05) is 6.61 Å². The molecule has 3 heteroatoms. The molecule has 1 aromatic rings. The Morgan fingerprint density at radius 3 is 2.77 bits per heavy atom. The lowest BCUT2D eigenvalue weighted by Gasteiger charge is -2.05. The number of benzene rings is 1. The largest absolute Gasteiger partial charge is 0.493 e. The van der Waals surface area contributed by atoms with Crippen molar-refractivity contribution < 1.29 is 4.74 Å². The number of halogens is 2. The number of rotatable bonds is 3. The molecule has 1 nitrogen and oxygen atoms in total. The van der Waals surface area contributed by atoms with Gasteiger partial charge in [-0.05, 0) is 59.5 Å². The quantitative estimate of drug-likeness (QED) is 0.751. The zero-order valence-electron chi connectivity index (χ0n) is 7.09. The summed E-state index contributed by atoms with van der Waals surface area (Å²) in [6.07, 6.45) is 2.68. The normalized spacial score (nSPS) is 15.8. The van der Waals surface area contributed by atoms with Crippen molar-refractivity contribution in [3.05, 3.63) is 26.2 Å². The monoisotopic (exact) mass is 352 g/mol. The summed E-state index contributed by atoms with van der Waals surface area (Å²) in [7, 11) is 0. The van der Waals surface area contributed by atoms with Crippen LogP contribution in [0.15, 0.2) is 22.7 Å². The minimum atomic E-state index is 0.816. The molecule has 0 aromatic heterocycles. The van der Waals surface area contributed by atoms with Gasteiger partial charge in [0, 0.05) is 8.04 Å². The smallest absolute Gasteiger partial charge is 0.121 e. The summed E-state index contributed by atoms with van der Waals surface area (Å²) in [5.74, 6) is 1.79. The fourth-order valence-electron chi connectivity index (χ4n) is 1.11. The highest BCUT2D eigenvalue weighted by molar-refractivity contribution is 14.1. The average Bonchev–Trinajstić information content (AvgIpc) is 2.81. The summed E-state index contributed by atoms with van der Waals surface area (Å²) in [4.78, 5) is 0. The molecule has 2 rings (SSSR count). The molecule has 0 atom stereocenters. The molecule has 0 bridgehead atoms. The summed E-state index contributed by atoms with van der Waals surface area (Å²) in [6, 6.07) is 6.16. The van der Waals surface area contributed by atoms with Crippen molar-refractivity contribution in [1.82, 2.24) is 0 Å². The maximum atomic E-state index is 5.66. The first-order chi connectivity index (χ1) is 6.24. The molecule has 1 saturated carbocycles. The summed E-state index contributed by atoms with van der Waals surface area (Å²) in [6.45, 7) is 0.881. The Bertz CT molecular complexity index is 290. The fourth-order valence-corrected chi connectivity index (χ4v) is 2.65. The molecule has 1 fully saturated rings. The van der Waals surface area contributed by atoms with Crippen molar-refractivity contribution in [3.8, 4) is 5.75 Å². The van der Waals surface area contributed by atoms with Crippen molar-refractivity contribution in [2.45, 2.75) is 12.8 Å². The van der Waals surface area contributed by atoms with Crippen molar-refractivity contribution in [3.63, 3.8) is 0 Å². The topological polar surface area (TPSA) is 9.23 Å². The van der Waals surface area contributed by atoms with Gasteiger partial charge in [-0.25, -0.2) is 0 Å². The van der Waals surface area contributed by atoms with E-state index in [0.29, 0.717) is 0 Å². The van der Waals surface area contributed by atoms with Crippen LogP contribution < -0.4 is 4.74 Å². The Hall–Kier alpha value is 0.230. The van der Waals surface area contributed by atoms with E-state index >= 15 is 0 Å². The molecule has 1 aliphatic rings. The van der Waals surface area contributed by atoms with Gasteiger partial charge in [-0.2, -0.15) is 0 Å². The van der Waals surface area contributed by atoms with Crippen LogP contribution in [0.2, 0.25) is 0 Å². The van der Waals surface area contributed by atoms with Gasteiger partial charge >= 0.3 is 0 Å². The molecule has 70 valence electrons. The molecule has 0 heterocycles. The van der Waals surface area contributed by atoms with E-state index in [1.165, 1.54) is 16.4 Å². The van der Waals surface area contributed by atoms with Gasteiger partial charge in [0.05, 0.1) is 6.61 Å². The van der Waals surface area contributed by atoms with Crippen LogP contribution in [0.4, 0.5) is 0 Å². The molecule has 0 unspecified atom stereocenters. The van der Waals surface area contributed by atoms with Gasteiger partial charge in [0.25, 0.3) is 0 Å². The highest BCUT2D eigenvalue weighted by atomic mass is 127. The lowest BCUT2D eigenvalue weighted by atomic mass is 10.3. The predicted octanol–water partition coefficient (Wildman–Crippen LogP) is 3.84. The second-order valence-electron chi connectivity index (χ2n) is 3.36. The van der Waals surface area contributed by atoms with Crippen LogP contribution >= 0.6 is 38.5 Å². The second-order valence-corrected chi connectivity index (χ2v) is 5.52. The molecule has 0 amide bonds. The van der Waals surface area contributed by atoms with Crippen LogP contribution in [-0.2, 0) is 0 Å². The van der Waals surface area contributed by atoms with Crippen molar-refractivity contribution in [2.24, 2.45) is 5.92 Å². The Kier molecular flexibility index (Phi) is 3.14. The lowest BCUT2D eigenvalue weighted by Crippen LogP contribution is -1.98. The number of hydrogen-bond acceptors (Lipinski definition) is 1. The first-order valence-electron chi connectivity index (χ1n) is 4.33. The zero-order valence-corrected chi connectivity index (χ0v) is 10.8. The first kappa shape index (κ1) is 9.77. The molecular weight excluding hydrogens is 343 g/mol. The third-order valence-corrected chi connectivity index (χ3v) is 3.10. The number of ether oxygens (including phenoxy) is 1.